The highest BCUT2D eigenvalue weighted by Crippen LogP contribution is 2.18. The molecule has 22 heavy (non-hydrogen) atoms. The van der Waals surface area contributed by atoms with Gasteiger partial charge in [-0.1, -0.05) is 24.3 Å². The van der Waals surface area contributed by atoms with Crippen molar-refractivity contribution in [3.63, 3.8) is 0 Å². The number of benzene rings is 2. The molecule has 0 saturated carbocycles. The molecule has 0 aliphatic carbocycles. The summed E-state index contributed by atoms with van der Waals surface area (Å²) in [6.07, 6.45) is -1.15. The van der Waals surface area contributed by atoms with Gasteiger partial charge in [-0.3, -0.25) is 4.79 Å². The fourth-order valence-electron chi connectivity index (χ4n) is 1.72. The minimum Gasteiger partial charge on any atom is -0.507 e. The van der Waals surface area contributed by atoms with Crippen LogP contribution in [-0.2, 0) is 9.53 Å². The van der Waals surface area contributed by atoms with E-state index in [0.717, 1.165) is 0 Å². The number of hydrogen-bond donors (Lipinski definition) is 2. The van der Waals surface area contributed by atoms with Crippen molar-refractivity contribution in [3.05, 3.63) is 59.9 Å². The summed E-state index contributed by atoms with van der Waals surface area (Å²) in [7, 11) is 0. The van der Waals surface area contributed by atoms with Crippen LogP contribution in [0.2, 0.25) is 0 Å². The molecule has 2 aromatic rings. The topological polar surface area (TPSA) is 75.6 Å². The Balaban J connectivity index is 2.01. The molecule has 0 aliphatic rings. The third kappa shape index (κ3) is 3.60. The number of esters is 1. The molecule has 2 rings (SSSR count). The van der Waals surface area contributed by atoms with Crippen molar-refractivity contribution in [2.45, 2.75) is 13.0 Å². The standard InChI is InChI=1S/C16H14FNO4/c1-10(15(20)18-13-8-4-3-7-12(13)17)22-16(21)11-6-2-5-9-14(11)19/h2-10,19H,1H3,(H,18,20). The molecule has 0 spiro atoms. The van der Waals surface area contributed by atoms with Crippen LogP contribution in [0.3, 0.4) is 0 Å². The Labute approximate surface area is 126 Å². The van der Waals surface area contributed by atoms with Crippen LogP contribution in [0.5, 0.6) is 5.75 Å². The third-order valence-electron chi connectivity index (χ3n) is 2.91. The van der Waals surface area contributed by atoms with E-state index in [1.54, 1.807) is 18.2 Å². The molecule has 1 atom stereocenters. The van der Waals surface area contributed by atoms with Gasteiger partial charge < -0.3 is 15.2 Å². The van der Waals surface area contributed by atoms with Crippen molar-refractivity contribution in [2.24, 2.45) is 0 Å². The number of anilines is 1. The molecule has 2 N–H and O–H groups in total. The number of hydrogen-bond acceptors (Lipinski definition) is 4. The Morgan fingerprint density at radius 2 is 1.77 bits per heavy atom. The summed E-state index contributed by atoms with van der Waals surface area (Å²) in [5.74, 6) is -2.34. The summed E-state index contributed by atoms with van der Waals surface area (Å²) in [6, 6.07) is 11.5. The van der Waals surface area contributed by atoms with E-state index in [9.17, 15) is 19.1 Å². The first-order chi connectivity index (χ1) is 10.5. The van der Waals surface area contributed by atoms with Crippen molar-refractivity contribution < 1.29 is 23.8 Å². The molecule has 6 heteroatoms. The van der Waals surface area contributed by atoms with Gasteiger partial charge in [0.25, 0.3) is 5.91 Å². The number of nitrogens with one attached hydrogen (secondary N) is 1. The molecule has 2 aromatic carbocycles. The van der Waals surface area contributed by atoms with Gasteiger partial charge in [0, 0.05) is 0 Å². The molecule has 0 bridgehead atoms. The van der Waals surface area contributed by atoms with E-state index >= 15 is 0 Å². The highest BCUT2D eigenvalue weighted by Gasteiger charge is 2.21. The minimum absolute atomic E-state index is 0.00189. The number of phenolic OH excluding ortho intramolecular Hbond substituents is 1. The maximum Gasteiger partial charge on any atom is 0.342 e. The van der Waals surface area contributed by atoms with Crippen LogP contribution < -0.4 is 5.32 Å². The second-order valence-electron chi connectivity index (χ2n) is 4.53. The van der Waals surface area contributed by atoms with Gasteiger partial charge in [-0.15, -0.1) is 0 Å². The monoisotopic (exact) mass is 303 g/mol. The van der Waals surface area contributed by atoms with Gasteiger partial charge in [0.05, 0.1) is 5.69 Å². The van der Waals surface area contributed by atoms with Crippen LogP contribution in [0.25, 0.3) is 0 Å². The van der Waals surface area contributed by atoms with E-state index in [-0.39, 0.29) is 17.0 Å². The summed E-state index contributed by atoms with van der Waals surface area (Å²) in [6.45, 7) is 1.36. The van der Waals surface area contributed by atoms with E-state index in [1.807, 2.05) is 0 Å². The fraction of sp³-hybridized carbons (Fsp3) is 0.125. The van der Waals surface area contributed by atoms with Gasteiger partial charge in [0.15, 0.2) is 6.10 Å². The lowest BCUT2D eigenvalue weighted by atomic mass is 10.2. The van der Waals surface area contributed by atoms with E-state index in [1.165, 1.54) is 37.3 Å². The summed E-state index contributed by atoms with van der Waals surface area (Å²) >= 11 is 0. The van der Waals surface area contributed by atoms with Crippen molar-refractivity contribution in [1.29, 1.82) is 0 Å². The Kier molecular flexibility index (Phi) is 4.73. The first kappa shape index (κ1) is 15.5. The lowest BCUT2D eigenvalue weighted by Crippen LogP contribution is -2.30. The number of halogens is 1. The molecule has 5 nitrogen and oxygen atoms in total. The summed E-state index contributed by atoms with van der Waals surface area (Å²) in [4.78, 5) is 23.8. The van der Waals surface area contributed by atoms with E-state index in [2.05, 4.69) is 5.32 Å². The molecular weight excluding hydrogens is 289 g/mol. The first-order valence-electron chi connectivity index (χ1n) is 6.53. The van der Waals surface area contributed by atoms with Crippen LogP contribution in [0.4, 0.5) is 10.1 Å². The Bertz CT molecular complexity index is 702. The Morgan fingerprint density at radius 1 is 1.14 bits per heavy atom. The predicted molar refractivity (Wildman–Crippen MR) is 78.0 cm³/mol. The molecular formula is C16H14FNO4. The summed E-state index contributed by atoms with van der Waals surface area (Å²) < 4.78 is 18.4. The van der Waals surface area contributed by atoms with Crippen molar-refractivity contribution in [3.8, 4) is 5.75 Å². The van der Waals surface area contributed by atoms with Crippen LogP contribution in [0, 0.1) is 5.82 Å². The Morgan fingerprint density at radius 3 is 2.45 bits per heavy atom. The second kappa shape index (κ2) is 6.71. The molecule has 0 aromatic heterocycles. The molecule has 0 saturated heterocycles. The second-order valence-corrected chi connectivity index (χ2v) is 4.53. The lowest BCUT2D eigenvalue weighted by Gasteiger charge is -2.14. The average molecular weight is 303 g/mol. The number of aromatic hydroxyl groups is 1. The minimum atomic E-state index is -1.15. The maximum absolute atomic E-state index is 13.4. The number of rotatable bonds is 4. The summed E-state index contributed by atoms with van der Waals surface area (Å²) in [5.41, 5.74) is -0.0500. The van der Waals surface area contributed by atoms with Crippen LogP contribution in [-0.4, -0.2) is 23.1 Å². The van der Waals surface area contributed by atoms with Gasteiger partial charge in [-0.05, 0) is 31.2 Å². The maximum atomic E-state index is 13.4. The zero-order valence-corrected chi connectivity index (χ0v) is 11.7. The van der Waals surface area contributed by atoms with E-state index in [0.29, 0.717) is 0 Å². The van der Waals surface area contributed by atoms with Gasteiger partial charge in [0.2, 0.25) is 0 Å². The number of carbonyl (C=O) groups is 2. The zero-order chi connectivity index (χ0) is 16.1. The van der Waals surface area contributed by atoms with Gasteiger partial charge in [-0.2, -0.15) is 0 Å². The molecule has 1 unspecified atom stereocenters. The quantitative estimate of drug-likeness (QED) is 0.852. The highest BCUT2D eigenvalue weighted by molar-refractivity contribution is 5.98. The molecule has 0 fully saturated rings. The number of para-hydroxylation sites is 2. The predicted octanol–water partition coefficient (Wildman–Crippen LogP) is 2.72. The van der Waals surface area contributed by atoms with Crippen molar-refractivity contribution >= 4 is 17.6 Å². The van der Waals surface area contributed by atoms with Gasteiger partial charge in [-0.25, -0.2) is 9.18 Å². The van der Waals surface area contributed by atoms with E-state index < -0.39 is 23.8 Å². The van der Waals surface area contributed by atoms with Crippen molar-refractivity contribution in [2.75, 3.05) is 5.32 Å². The number of ether oxygens (including phenoxy) is 1. The fourth-order valence-corrected chi connectivity index (χ4v) is 1.72. The molecule has 1 amide bonds. The largest absolute Gasteiger partial charge is 0.507 e. The third-order valence-corrected chi connectivity index (χ3v) is 2.91. The highest BCUT2D eigenvalue weighted by atomic mass is 19.1. The Hall–Kier alpha value is -2.89. The average Bonchev–Trinajstić information content (AvgIpc) is 2.49. The van der Waals surface area contributed by atoms with E-state index in [4.69, 9.17) is 4.74 Å². The number of carbonyl (C=O) groups excluding carboxylic acids is 2. The summed E-state index contributed by atoms with van der Waals surface area (Å²) in [5, 5.41) is 11.9. The first-order valence-corrected chi connectivity index (χ1v) is 6.53. The molecule has 0 heterocycles. The number of amides is 1. The van der Waals surface area contributed by atoms with Gasteiger partial charge >= 0.3 is 5.97 Å². The van der Waals surface area contributed by atoms with Crippen LogP contribution in [0.15, 0.2) is 48.5 Å². The van der Waals surface area contributed by atoms with Crippen LogP contribution >= 0.6 is 0 Å². The SMILES string of the molecule is CC(OC(=O)c1ccccc1O)C(=O)Nc1ccccc1F. The van der Waals surface area contributed by atoms with Crippen LogP contribution in [0.1, 0.15) is 17.3 Å². The van der Waals surface area contributed by atoms with Gasteiger partial charge in [0.1, 0.15) is 17.1 Å². The number of phenols is 1. The normalized spacial score (nSPS) is 11.5. The van der Waals surface area contributed by atoms with Crippen molar-refractivity contribution in [1.82, 2.24) is 0 Å². The molecule has 114 valence electrons. The molecule has 0 radical (unpaired) electrons. The lowest BCUT2D eigenvalue weighted by molar-refractivity contribution is -0.123. The zero-order valence-electron chi connectivity index (χ0n) is 11.7. The molecule has 0 aliphatic heterocycles. The smallest absolute Gasteiger partial charge is 0.342 e.